The molecule has 0 amide bonds. The van der Waals surface area contributed by atoms with Crippen LogP contribution in [0.25, 0.3) is 0 Å². The highest BCUT2D eigenvalue weighted by molar-refractivity contribution is 7.91. The number of benzene rings is 1. The summed E-state index contributed by atoms with van der Waals surface area (Å²) in [5.41, 5.74) is 0.857. The minimum absolute atomic E-state index is 0.00533. The van der Waals surface area contributed by atoms with Crippen LogP contribution in [0.5, 0.6) is 5.75 Å². The van der Waals surface area contributed by atoms with Crippen LogP contribution >= 0.6 is 0 Å². The molecular weight excluding hydrogens is 250 g/mol. The molecule has 0 aromatic heterocycles. The van der Waals surface area contributed by atoms with Gasteiger partial charge in [-0.3, -0.25) is 0 Å². The summed E-state index contributed by atoms with van der Waals surface area (Å²) in [4.78, 5) is 0.252. The van der Waals surface area contributed by atoms with Crippen molar-refractivity contribution in [3.05, 3.63) is 23.8 Å². The van der Waals surface area contributed by atoms with Gasteiger partial charge >= 0.3 is 0 Å². The molecule has 18 heavy (non-hydrogen) atoms. The van der Waals surface area contributed by atoms with Crippen LogP contribution < -0.4 is 4.74 Å². The van der Waals surface area contributed by atoms with Gasteiger partial charge in [-0.15, -0.1) is 0 Å². The molecule has 0 unspecified atom stereocenters. The molecule has 0 fully saturated rings. The fourth-order valence-electron chi connectivity index (χ4n) is 1.65. The first kappa shape index (κ1) is 14.5. The highest BCUT2D eigenvalue weighted by Crippen LogP contribution is 2.29. The molecule has 0 bridgehead atoms. The Labute approximate surface area is 108 Å². The molecule has 0 atom stereocenters. The Balaban J connectivity index is 3.20. The molecule has 0 heterocycles. The van der Waals surface area contributed by atoms with E-state index in [-0.39, 0.29) is 23.0 Å². The Morgan fingerprint density at radius 2 is 2.06 bits per heavy atom. The van der Waals surface area contributed by atoms with Crippen LogP contribution in [-0.2, 0) is 9.84 Å². The van der Waals surface area contributed by atoms with Crippen LogP contribution in [0.4, 0.5) is 0 Å². The summed E-state index contributed by atoms with van der Waals surface area (Å²) in [6.07, 6.45) is 0.00533. The predicted molar refractivity (Wildman–Crippen MR) is 69.4 cm³/mol. The molecule has 4 nitrogen and oxygen atoms in total. The van der Waals surface area contributed by atoms with E-state index in [1.54, 1.807) is 19.2 Å². The minimum atomic E-state index is -3.38. The van der Waals surface area contributed by atoms with Gasteiger partial charge in [0.1, 0.15) is 5.75 Å². The van der Waals surface area contributed by atoms with E-state index in [2.05, 4.69) is 0 Å². The van der Waals surface area contributed by atoms with E-state index in [0.717, 1.165) is 5.56 Å². The Hall–Kier alpha value is -1.54. The van der Waals surface area contributed by atoms with Crippen molar-refractivity contribution < 1.29 is 13.2 Å². The SMILES string of the molecule is COc1ccc(S(=O)(=O)CCC#N)cc1C(C)C. The van der Waals surface area contributed by atoms with Gasteiger partial charge in [-0.2, -0.15) is 5.26 Å². The van der Waals surface area contributed by atoms with Gasteiger partial charge in [-0.25, -0.2) is 8.42 Å². The van der Waals surface area contributed by atoms with Gasteiger partial charge in [0.05, 0.1) is 23.8 Å². The zero-order valence-electron chi connectivity index (χ0n) is 10.8. The normalized spacial score (nSPS) is 11.3. The summed E-state index contributed by atoms with van der Waals surface area (Å²) in [6, 6.07) is 6.67. The molecule has 1 aromatic rings. The third-order valence-electron chi connectivity index (χ3n) is 2.66. The second-order valence-corrected chi connectivity index (χ2v) is 6.39. The average molecular weight is 267 g/mol. The molecule has 0 aliphatic carbocycles. The maximum atomic E-state index is 12.0. The van der Waals surface area contributed by atoms with Gasteiger partial charge in [-0.05, 0) is 29.7 Å². The van der Waals surface area contributed by atoms with Crippen LogP contribution in [-0.4, -0.2) is 21.3 Å². The molecule has 0 aliphatic heterocycles. The van der Waals surface area contributed by atoms with E-state index in [4.69, 9.17) is 10.00 Å². The number of rotatable bonds is 5. The second-order valence-electron chi connectivity index (χ2n) is 4.29. The van der Waals surface area contributed by atoms with Gasteiger partial charge in [-0.1, -0.05) is 13.8 Å². The maximum absolute atomic E-state index is 12.0. The smallest absolute Gasteiger partial charge is 0.179 e. The standard InChI is InChI=1S/C13H17NO3S/c1-10(2)12-9-11(5-6-13(12)17-3)18(15,16)8-4-7-14/h5-6,9-10H,4,8H2,1-3H3. The van der Waals surface area contributed by atoms with E-state index in [1.165, 1.54) is 6.07 Å². The minimum Gasteiger partial charge on any atom is -0.496 e. The Bertz CT molecular complexity index is 556. The molecule has 0 aliphatic rings. The Morgan fingerprint density at radius 1 is 1.39 bits per heavy atom. The van der Waals surface area contributed by atoms with Crippen LogP contribution in [0.15, 0.2) is 23.1 Å². The molecule has 0 saturated heterocycles. The summed E-state index contributed by atoms with van der Waals surface area (Å²) in [5, 5.41) is 8.47. The Morgan fingerprint density at radius 3 is 2.56 bits per heavy atom. The molecule has 1 aromatic carbocycles. The van der Waals surface area contributed by atoms with Gasteiger partial charge in [0, 0.05) is 6.42 Å². The van der Waals surface area contributed by atoms with E-state index in [1.807, 2.05) is 19.9 Å². The number of hydrogen-bond donors (Lipinski definition) is 0. The fraction of sp³-hybridized carbons (Fsp3) is 0.462. The van der Waals surface area contributed by atoms with Crippen molar-refractivity contribution in [1.82, 2.24) is 0 Å². The number of sulfone groups is 1. The van der Waals surface area contributed by atoms with Crippen LogP contribution in [0.2, 0.25) is 0 Å². The number of hydrogen-bond acceptors (Lipinski definition) is 4. The molecule has 0 N–H and O–H groups in total. The lowest BCUT2D eigenvalue weighted by Crippen LogP contribution is -2.07. The van der Waals surface area contributed by atoms with Gasteiger partial charge in [0.2, 0.25) is 0 Å². The molecule has 1 rings (SSSR count). The lowest BCUT2D eigenvalue weighted by atomic mass is 10.0. The summed E-state index contributed by atoms with van der Waals surface area (Å²) in [6.45, 7) is 3.95. The first-order valence-electron chi connectivity index (χ1n) is 5.70. The van der Waals surface area contributed by atoms with Crippen LogP contribution in [0.1, 0.15) is 31.7 Å². The monoisotopic (exact) mass is 267 g/mol. The van der Waals surface area contributed by atoms with Crippen molar-refractivity contribution in [2.75, 3.05) is 12.9 Å². The summed E-state index contributed by atoms with van der Waals surface area (Å²) < 4.78 is 29.2. The lowest BCUT2D eigenvalue weighted by Gasteiger charge is -2.13. The summed E-state index contributed by atoms with van der Waals surface area (Å²) in [7, 11) is -1.82. The van der Waals surface area contributed by atoms with Gasteiger partial charge < -0.3 is 4.74 Å². The largest absolute Gasteiger partial charge is 0.496 e. The highest BCUT2D eigenvalue weighted by atomic mass is 32.2. The quantitative estimate of drug-likeness (QED) is 0.822. The topological polar surface area (TPSA) is 67.2 Å². The fourth-order valence-corrected chi connectivity index (χ4v) is 2.83. The number of nitrogens with zero attached hydrogens (tertiary/aromatic N) is 1. The van der Waals surface area contributed by atoms with Crippen LogP contribution in [0, 0.1) is 11.3 Å². The van der Waals surface area contributed by atoms with Crippen LogP contribution in [0.3, 0.4) is 0 Å². The zero-order chi connectivity index (χ0) is 13.8. The summed E-state index contributed by atoms with van der Waals surface area (Å²) in [5.74, 6) is 0.711. The third-order valence-corrected chi connectivity index (χ3v) is 4.38. The molecular formula is C13H17NO3S. The first-order valence-corrected chi connectivity index (χ1v) is 7.35. The second kappa shape index (κ2) is 5.87. The molecule has 0 spiro atoms. The molecule has 5 heteroatoms. The third kappa shape index (κ3) is 3.23. The Kier molecular flexibility index (Phi) is 4.74. The molecule has 0 saturated carbocycles. The van der Waals surface area contributed by atoms with Crippen molar-refractivity contribution >= 4 is 9.84 Å². The maximum Gasteiger partial charge on any atom is 0.179 e. The number of ether oxygens (including phenoxy) is 1. The van der Waals surface area contributed by atoms with Crippen molar-refractivity contribution in [1.29, 1.82) is 5.26 Å². The molecule has 98 valence electrons. The first-order chi connectivity index (χ1) is 8.42. The molecule has 0 radical (unpaired) electrons. The number of nitriles is 1. The number of methoxy groups -OCH3 is 1. The van der Waals surface area contributed by atoms with Crippen molar-refractivity contribution in [2.45, 2.75) is 31.1 Å². The zero-order valence-corrected chi connectivity index (χ0v) is 11.6. The van der Waals surface area contributed by atoms with Crippen molar-refractivity contribution in [3.8, 4) is 11.8 Å². The predicted octanol–water partition coefficient (Wildman–Crippen LogP) is 2.51. The van der Waals surface area contributed by atoms with Crippen molar-refractivity contribution in [3.63, 3.8) is 0 Å². The van der Waals surface area contributed by atoms with E-state index < -0.39 is 9.84 Å². The van der Waals surface area contributed by atoms with Gasteiger partial charge in [0.25, 0.3) is 0 Å². The van der Waals surface area contributed by atoms with Crippen molar-refractivity contribution in [2.24, 2.45) is 0 Å². The van der Waals surface area contributed by atoms with E-state index >= 15 is 0 Å². The highest BCUT2D eigenvalue weighted by Gasteiger charge is 2.17. The van der Waals surface area contributed by atoms with E-state index in [0.29, 0.717) is 5.75 Å². The summed E-state index contributed by atoms with van der Waals surface area (Å²) >= 11 is 0. The lowest BCUT2D eigenvalue weighted by molar-refractivity contribution is 0.407. The van der Waals surface area contributed by atoms with Gasteiger partial charge in [0.15, 0.2) is 9.84 Å². The average Bonchev–Trinajstić information content (AvgIpc) is 2.35. The van der Waals surface area contributed by atoms with E-state index in [9.17, 15) is 8.42 Å².